The summed E-state index contributed by atoms with van der Waals surface area (Å²) < 4.78 is 5.18. The molecule has 5 nitrogen and oxygen atoms in total. The van der Waals surface area contributed by atoms with Gasteiger partial charge in [-0.25, -0.2) is 0 Å². The van der Waals surface area contributed by atoms with E-state index in [0.717, 1.165) is 24.8 Å². The Kier molecular flexibility index (Phi) is 4.99. The third kappa shape index (κ3) is 3.22. The van der Waals surface area contributed by atoms with Crippen molar-refractivity contribution in [1.29, 1.82) is 0 Å². The maximum absolute atomic E-state index is 12.8. The molecule has 0 atom stereocenters. The normalized spacial score (nSPS) is 18.3. The second kappa shape index (κ2) is 7.01. The number of carbonyl (C=O) groups excluding carboxylic acids is 2. The molecule has 0 bridgehead atoms. The Hall–Kier alpha value is -1.75. The Labute approximate surface area is 147 Å². The monoisotopic (exact) mass is 350 g/mol. The molecule has 0 spiro atoms. The fraction of sp³-hybridized carbons (Fsp3) is 0.556. The van der Waals surface area contributed by atoms with Gasteiger partial charge < -0.3 is 14.5 Å². The average molecular weight is 351 g/mol. The van der Waals surface area contributed by atoms with E-state index < -0.39 is 0 Å². The van der Waals surface area contributed by atoms with Crippen molar-refractivity contribution in [3.8, 4) is 5.75 Å². The summed E-state index contributed by atoms with van der Waals surface area (Å²) in [5.74, 6) is 1.02. The van der Waals surface area contributed by atoms with Gasteiger partial charge >= 0.3 is 0 Å². The first kappa shape index (κ1) is 17.1. The number of benzene rings is 1. The maximum atomic E-state index is 12.8. The number of hydrogen-bond acceptors (Lipinski definition) is 3. The van der Waals surface area contributed by atoms with E-state index in [-0.39, 0.29) is 17.7 Å². The Morgan fingerprint density at radius 1 is 1.12 bits per heavy atom. The van der Waals surface area contributed by atoms with Gasteiger partial charge in [0.2, 0.25) is 5.91 Å². The lowest BCUT2D eigenvalue weighted by molar-refractivity contribution is -0.139. The van der Waals surface area contributed by atoms with Crippen molar-refractivity contribution < 1.29 is 14.3 Å². The van der Waals surface area contributed by atoms with E-state index in [0.29, 0.717) is 42.5 Å². The molecule has 1 aliphatic carbocycles. The van der Waals surface area contributed by atoms with Crippen molar-refractivity contribution in [2.24, 2.45) is 5.92 Å². The number of carbonyl (C=O) groups is 2. The van der Waals surface area contributed by atoms with Crippen molar-refractivity contribution in [3.63, 3.8) is 0 Å². The summed E-state index contributed by atoms with van der Waals surface area (Å²) in [4.78, 5) is 28.8. The summed E-state index contributed by atoms with van der Waals surface area (Å²) >= 11 is 6.16. The van der Waals surface area contributed by atoms with Crippen LogP contribution in [0.2, 0.25) is 5.02 Å². The molecular formula is C18H23ClN2O3. The number of halogens is 1. The predicted molar refractivity (Wildman–Crippen MR) is 92.6 cm³/mol. The van der Waals surface area contributed by atoms with Crippen LogP contribution in [0.3, 0.4) is 0 Å². The third-order valence-corrected chi connectivity index (χ3v) is 5.36. The van der Waals surface area contributed by atoms with Gasteiger partial charge in [0.1, 0.15) is 5.75 Å². The molecule has 0 unspecified atom stereocenters. The van der Waals surface area contributed by atoms with Crippen LogP contribution in [0, 0.1) is 12.8 Å². The van der Waals surface area contributed by atoms with E-state index in [2.05, 4.69) is 0 Å². The van der Waals surface area contributed by atoms with Gasteiger partial charge in [0.15, 0.2) is 0 Å². The van der Waals surface area contributed by atoms with Gasteiger partial charge in [0, 0.05) is 37.7 Å². The average Bonchev–Trinajstić information content (AvgIpc) is 2.54. The molecule has 3 rings (SSSR count). The minimum atomic E-state index is -0.0344. The molecule has 1 aromatic rings. The van der Waals surface area contributed by atoms with Crippen molar-refractivity contribution in [2.45, 2.75) is 26.2 Å². The lowest BCUT2D eigenvalue weighted by atomic mass is 9.84. The van der Waals surface area contributed by atoms with Gasteiger partial charge in [-0.05, 0) is 37.5 Å². The first-order chi connectivity index (χ1) is 11.5. The molecule has 6 heteroatoms. The Bertz CT molecular complexity index is 650. The van der Waals surface area contributed by atoms with Gasteiger partial charge in [0.25, 0.3) is 5.91 Å². The quantitative estimate of drug-likeness (QED) is 0.842. The van der Waals surface area contributed by atoms with Crippen LogP contribution in [0.5, 0.6) is 5.75 Å². The number of amides is 2. The molecule has 2 amide bonds. The Balaban J connectivity index is 1.65. The number of methoxy groups -OCH3 is 1. The van der Waals surface area contributed by atoms with E-state index in [1.54, 1.807) is 24.1 Å². The Morgan fingerprint density at radius 3 is 2.29 bits per heavy atom. The zero-order valence-electron chi connectivity index (χ0n) is 14.2. The number of aryl methyl sites for hydroxylation is 1. The van der Waals surface area contributed by atoms with Crippen LogP contribution in [-0.2, 0) is 4.79 Å². The van der Waals surface area contributed by atoms with E-state index in [1.165, 1.54) is 0 Å². The minimum absolute atomic E-state index is 0.0344. The molecule has 0 radical (unpaired) electrons. The predicted octanol–water partition coefficient (Wildman–Crippen LogP) is 2.74. The summed E-state index contributed by atoms with van der Waals surface area (Å²) in [6, 6.07) is 3.45. The molecule has 1 heterocycles. The van der Waals surface area contributed by atoms with E-state index in [4.69, 9.17) is 16.3 Å². The highest BCUT2D eigenvalue weighted by atomic mass is 35.5. The second-order valence-corrected chi connectivity index (χ2v) is 6.95. The number of ether oxygens (including phenoxy) is 1. The van der Waals surface area contributed by atoms with Gasteiger partial charge in [0.05, 0.1) is 12.1 Å². The summed E-state index contributed by atoms with van der Waals surface area (Å²) in [6.07, 6.45) is 3.19. The van der Waals surface area contributed by atoms with Crippen LogP contribution < -0.4 is 4.74 Å². The summed E-state index contributed by atoms with van der Waals surface area (Å²) in [5.41, 5.74) is 1.44. The summed E-state index contributed by atoms with van der Waals surface area (Å²) in [6.45, 7) is 4.25. The van der Waals surface area contributed by atoms with Crippen molar-refractivity contribution in [1.82, 2.24) is 9.80 Å². The zero-order valence-corrected chi connectivity index (χ0v) is 14.9. The maximum Gasteiger partial charge on any atom is 0.254 e. The fourth-order valence-electron chi connectivity index (χ4n) is 3.26. The molecule has 0 aromatic heterocycles. The first-order valence-corrected chi connectivity index (χ1v) is 8.81. The molecule has 0 N–H and O–H groups in total. The van der Waals surface area contributed by atoms with Crippen molar-refractivity contribution in [3.05, 3.63) is 28.3 Å². The largest absolute Gasteiger partial charge is 0.495 e. The fourth-order valence-corrected chi connectivity index (χ4v) is 3.50. The van der Waals surface area contributed by atoms with Crippen molar-refractivity contribution >= 4 is 23.4 Å². The van der Waals surface area contributed by atoms with Crippen LogP contribution in [0.1, 0.15) is 35.2 Å². The summed E-state index contributed by atoms with van der Waals surface area (Å²) in [7, 11) is 1.56. The number of piperazine rings is 1. The molecule has 2 aliphatic rings. The number of rotatable bonds is 3. The highest BCUT2D eigenvalue weighted by molar-refractivity contribution is 6.32. The lowest BCUT2D eigenvalue weighted by Crippen LogP contribution is -2.52. The molecule has 1 aliphatic heterocycles. The smallest absolute Gasteiger partial charge is 0.254 e. The molecule has 1 aromatic carbocycles. The highest BCUT2D eigenvalue weighted by Gasteiger charge is 2.32. The van der Waals surface area contributed by atoms with Crippen LogP contribution in [0.4, 0.5) is 0 Å². The molecule has 1 saturated heterocycles. The highest BCUT2D eigenvalue weighted by Crippen LogP contribution is 2.30. The Morgan fingerprint density at radius 2 is 1.75 bits per heavy atom. The van der Waals surface area contributed by atoms with Crippen molar-refractivity contribution in [2.75, 3.05) is 33.3 Å². The van der Waals surface area contributed by atoms with E-state index in [9.17, 15) is 9.59 Å². The second-order valence-electron chi connectivity index (χ2n) is 6.55. The number of nitrogens with zero attached hydrogens (tertiary/aromatic N) is 2. The molecule has 1 saturated carbocycles. The molecule has 2 fully saturated rings. The van der Waals surface area contributed by atoms with Crippen LogP contribution in [0.15, 0.2) is 12.1 Å². The lowest BCUT2D eigenvalue weighted by Gasteiger charge is -2.38. The zero-order chi connectivity index (χ0) is 17.3. The standard InChI is InChI=1S/C18H23ClN2O3/c1-12-10-16(24-2)15(19)11-14(12)18(23)21-8-6-20(7-9-21)17(22)13-4-3-5-13/h10-11,13H,3-9H2,1-2H3. The summed E-state index contributed by atoms with van der Waals surface area (Å²) in [5, 5.41) is 0.435. The third-order valence-electron chi connectivity index (χ3n) is 5.06. The molecule has 130 valence electrons. The van der Waals surface area contributed by atoms with E-state index >= 15 is 0 Å². The first-order valence-electron chi connectivity index (χ1n) is 8.43. The van der Waals surface area contributed by atoms with Crippen LogP contribution >= 0.6 is 11.6 Å². The molecule has 24 heavy (non-hydrogen) atoms. The topological polar surface area (TPSA) is 49.9 Å². The van der Waals surface area contributed by atoms with Gasteiger partial charge in [-0.3, -0.25) is 9.59 Å². The number of hydrogen-bond donors (Lipinski definition) is 0. The van der Waals surface area contributed by atoms with E-state index in [1.807, 2.05) is 11.8 Å². The van der Waals surface area contributed by atoms with Gasteiger partial charge in [-0.15, -0.1) is 0 Å². The minimum Gasteiger partial charge on any atom is -0.495 e. The SMILES string of the molecule is COc1cc(C)c(C(=O)N2CCN(C(=O)C3CCC3)CC2)cc1Cl. The van der Waals surface area contributed by atoms with Gasteiger partial charge in [-0.1, -0.05) is 18.0 Å². The van der Waals surface area contributed by atoms with Gasteiger partial charge in [-0.2, -0.15) is 0 Å². The van der Waals surface area contributed by atoms with Crippen LogP contribution in [-0.4, -0.2) is 54.9 Å². The van der Waals surface area contributed by atoms with Crippen LogP contribution in [0.25, 0.3) is 0 Å². The molecular weight excluding hydrogens is 328 g/mol.